The molecule has 1 aromatic carbocycles. The summed E-state index contributed by atoms with van der Waals surface area (Å²) in [6.07, 6.45) is 3.10. The lowest BCUT2D eigenvalue weighted by molar-refractivity contribution is 0.251. The van der Waals surface area contributed by atoms with Gasteiger partial charge in [-0.3, -0.25) is 5.10 Å². The van der Waals surface area contributed by atoms with Gasteiger partial charge in [-0.1, -0.05) is 0 Å². The summed E-state index contributed by atoms with van der Waals surface area (Å²) in [7, 11) is 3.11. The van der Waals surface area contributed by atoms with E-state index in [0.29, 0.717) is 36.1 Å². The Morgan fingerprint density at radius 1 is 1.26 bits per heavy atom. The minimum Gasteiger partial charge on any atom is -0.493 e. The topological polar surface area (TPSA) is 97.5 Å². The summed E-state index contributed by atoms with van der Waals surface area (Å²) in [4.78, 5) is 11.8. The maximum atomic E-state index is 11.8. The van der Waals surface area contributed by atoms with Crippen molar-refractivity contribution in [2.75, 3.05) is 26.1 Å². The third-order valence-corrected chi connectivity index (χ3v) is 3.02. The molecule has 0 aliphatic heterocycles. The van der Waals surface area contributed by atoms with Crippen LogP contribution < -0.4 is 24.8 Å². The molecule has 0 radical (unpaired) electrons. The van der Waals surface area contributed by atoms with Gasteiger partial charge in [0.1, 0.15) is 0 Å². The zero-order chi connectivity index (χ0) is 16.7. The van der Waals surface area contributed by atoms with Gasteiger partial charge in [0, 0.05) is 12.7 Å². The Morgan fingerprint density at radius 2 is 1.96 bits per heavy atom. The fraction of sp³-hybridized carbons (Fsp3) is 0.333. The Balaban J connectivity index is 2.05. The number of hydrogen-bond donors (Lipinski definition) is 3. The van der Waals surface area contributed by atoms with Crippen LogP contribution in [0.2, 0.25) is 0 Å². The predicted octanol–water partition coefficient (Wildman–Crippen LogP) is 2.15. The number of nitrogens with one attached hydrogen (secondary N) is 3. The maximum Gasteiger partial charge on any atom is 0.319 e. The molecule has 2 amide bonds. The van der Waals surface area contributed by atoms with Crippen LogP contribution in [0, 0.1) is 0 Å². The number of H-pyrrole nitrogens is 1. The third kappa shape index (κ3) is 4.29. The van der Waals surface area contributed by atoms with Gasteiger partial charge in [0.2, 0.25) is 5.75 Å². The number of carbonyl (C=O) groups excluding carboxylic acids is 1. The highest BCUT2D eigenvalue weighted by atomic mass is 16.5. The van der Waals surface area contributed by atoms with E-state index in [1.54, 1.807) is 32.5 Å². The van der Waals surface area contributed by atoms with E-state index in [1.165, 1.54) is 6.20 Å². The van der Waals surface area contributed by atoms with E-state index in [4.69, 9.17) is 14.2 Å². The second-order valence-corrected chi connectivity index (χ2v) is 4.56. The molecule has 0 atom stereocenters. The number of aromatic nitrogens is 2. The monoisotopic (exact) mass is 320 g/mol. The van der Waals surface area contributed by atoms with Crippen LogP contribution in [-0.4, -0.2) is 37.1 Å². The second-order valence-electron chi connectivity index (χ2n) is 4.56. The number of aromatic amines is 1. The fourth-order valence-corrected chi connectivity index (χ4v) is 2.00. The molecule has 0 saturated carbocycles. The molecule has 8 heteroatoms. The minimum absolute atomic E-state index is 0.308. The molecular weight excluding hydrogens is 300 g/mol. The summed E-state index contributed by atoms with van der Waals surface area (Å²) in [6, 6.07) is 3.26. The largest absolute Gasteiger partial charge is 0.493 e. The van der Waals surface area contributed by atoms with Crippen LogP contribution >= 0.6 is 0 Å². The number of urea groups is 1. The molecule has 23 heavy (non-hydrogen) atoms. The van der Waals surface area contributed by atoms with Crippen LogP contribution in [0.4, 0.5) is 10.5 Å². The number of carbonyl (C=O) groups is 1. The molecule has 3 N–H and O–H groups in total. The Kier molecular flexibility index (Phi) is 5.67. The van der Waals surface area contributed by atoms with E-state index < -0.39 is 0 Å². The van der Waals surface area contributed by atoms with Crippen LogP contribution in [0.25, 0.3) is 0 Å². The standard InChI is InChI=1S/C15H20N4O4/c1-4-23-14-12(21-2)5-10(6-13(14)22-3)7-16-15(20)19-11-8-17-18-9-11/h5-6,8-9H,4,7H2,1-3H3,(H,17,18)(H2,16,19,20). The highest BCUT2D eigenvalue weighted by molar-refractivity contribution is 5.88. The van der Waals surface area contributed by atoms with Gasteiger partial charge >= 0.3 is 6.03 Å². The quantitative estimate of drug-likeness (QED) is 0.726. The van der Waals surface area contributed by atoms with E-state index in [1.807, 2.05) is 6.92 Å². The van der Waals surface area contributed by atoms with Gasteiger partial charge < -0.3 is 24.8 Å². The van der Waals surface area contributed by atoms with Crippen molar-refractivity contribution in [3.05, 3.63) is 30.1 Å². The van der Waals surface area contributed by atoms with Gasteiger partial charge in [-0.25, -0.2) is 4.79 Å². The van der Waals surface area contributed by atoms with Crippen LogP contribution in [0.3, 0.4) is 0 Å². The van der Waals surface area contributed by atoms with E-state index in [2.05, 4.69) is 20.8 Å². The van der Waals surface area contributed by atoms with E-state index in [9.17, 15) is 4.79 Å². The number of anilines is 1. The molecule has 124 valence electrons. The average molecular weight is 320 g/mol. The fourth-order valence-electron chi connectivity index (χ4n) is 2.00. The molecule has 0 aliphatic carbocycles. The van der Waals surface area contributed by atoms with E-state index in [-0.39, 0.29) is 6.03 Å². The molecule has 0 bridgehead atoms. The summed E-state index contributed by atoms with van der Waals surface area (Å²) < 4.78 is 16.2. The number of benzene rings is 1. The van der Waals surface area contributed by atoms with Crippen molar-refractivity contribution in [2.45, 2.75) is 13.5 Å². The van der Waals surface area contributed by atoms with E-state index in [0.717, 1.165) is 5.56 Å². The van der Waals surface area contributed by atoms with Crippen molar-refractivity contribution < 1.29 is 19.0 Å². The summed E-state index contributed by atoms with van der Waals surface area (Å²) >= 11 is 0. The number of amides is 2. The Labute approximate surface area is 134 Å². The molecule has 1 heterocycles. The summed E-state index contributed by atoms with van der Waals surface area (Å²) in [5.74, 6) is 1.65. The van der Waals surface area contributed by atoms with Gasteiger partial charge in [-0.2, -0.15) is 5.10 Å². The number of methoxy groups -OCH3 is 2. The van der Waals surface area contributed by atoms with Crippen LogP contribution in [-0.2, 0) is 6.54 Å². The average Bonchev–Trinajstić information content (AvgIpc) is 3.06. The summed E-state index contributed by atoms with van der Waals surface area (Å²) in [5.41, 5.74) is 1.41. The van der Waals surface area contributed by atoms with Crippen molar-refractivity contribution >= 4 is 11.7 Å². The molecular formula is C15H20N4O4. The van der Waals surface area contributed by atoms with Crippen molar-refractivity contribution in [2.24, 2.45) is 0 Å². The first kappa shape index (κ1) is 16.5. The number of nitrogens with zero attached hydrogens (tertiary/aromatic N) is 1. The first-order valence-electron chi connectivity index (χ1n) is 7.09. The molecule has 1 aromatic heterocycles. The van der Waals surface area contributed by atoms with Gasteiger partial charge in [-0.15, -0.1) is 0 Å². The van der Waals surface area contributed by atoms with Crippen molar-refractivity contribution in [1.29, 1.82) is 0 Å². The normalized spacial score (nSPS) is 10.0. The lowest BCUT2D eigenvalue weighted by Gasteiger charge is -2.15. The third-order valence-electron chi connectivity index (χ3n) is 3.02. The molecule has 0 unspecified atom stereocenters. The molecule has 2 rings (SSSR count). The molecule has 0 fully saturated rings. The van der Waals surface area contributed by atoms with Gasteiger partial charge in [0.05, 0.1) is 32.7 Å². The number of hydrogen-bond acceptors (Lipinski definition) is 5. The molecule has 0 spiro atoms. The zero-order valence-corrected chi connectivity index (χ0v) is 13.3. The first-order chi connectivity index (χ1) is 11.2. The molecule has 0 saturated heterocycles. The van der Waals surface area contributed by atoms with Gasteiger partial charge in [0.25, 0.3) is 0 Å². The Hall–Kier alpha value is -2.90. The lowest BCUT2D eigenvalue weighted by Crippen LogP contribution is -2.28. The highest BCUT2D eigenvalue weighted by Gasteiger charge is 2.14. The predicted molar refractivity (Wildman–Crippen MR) is 85.2 cm³/mol. The van der Waals surface area contributed by atoms with Gasteiger partial charge in [-0.05, 0) is 24.6 Å². The highest BCUT2D eigenvalue weighted by Crippen LogP contribution is 2.38. The zero-order valence-electron chi connectivity index (χ0n) is 13.3. The van der Waals surface area contributed by atoms with Crippen molar-refractivity contribution in [3.63, 3.8) is 0 Å². The van der Waals surface area contributed by atoms with Crippen LogP contribution in [0.15, 0.2) is 24.5 Å². The van der Waals surface area contributed by atoms with Gasteiger partial charge in [0.15, 0.2) is 11.5 Å². The minimum atomic E-state index is -0.335. The summed E-state index contributed by atoms with van der Waals surface area (Å²) in [5, 5.41) is 11.8. The first-order valence-corrected chi connectivity index (χ1v) is 7.09. The SMILES string of the molecule is CCOc1c(OC)cc(CNC(=O)Nc2cn[nH]c2)cc1OC. The lowest BCUT2D eigenvalue weighted by atomic mass is 10.2. The van der Waals surface area contributed by atoms with Crippen molar-refractivity contribution in [1.82, 2.24) is 15.5 Å². The molecule has 8 nitrogen and oxygen atoms in total. The number of rotatable bonds is 7. The molecule has 0 aliphatic rings. The van der Waals surface area contributed by atoms with Crippen LogP contribution in [0.1, 0.15) is 12.5 Å². The second kappa shape index (κ2) is 7.92. The Bertz CT molecular complexity index is 618. The maximum absolute atomic E-state index is 11.8. The van der Waals surface area contributed by atoms with Crippen LogP contribution in [0.5, 0.6) is 17.2 Å². The number of ether oxygens (including phenoxy) is 3. The smallest absolute Gasteiger partial charge is 0.319 e. The van der Waals surface area contributed by atoms with Crippen molar-refractivity contribution in [3.8, 4) is 17.2 Å². The Morgan fingerprint density at radius 3 is 2.48 bits per heavy atom. The molecule has 2 aromatic rings. The van der Waals surface area contributed by atoms with E-state index >= 15 is 0 Å². The summed E-state index contributed by atoms with van der Waals surface area (Å²) in [6.45, 7) is 2.69.